The summed E-state index contributed by atoms with van der Waals surface area (Å²) in [5, 5.41) is 6.93. The second-order valence-corrected chi connectivity index (χ2v) is 6.20. The van der Waals surface area contributed by atoms with Crippen molar-refractivity contribution in [1.29, 1.82) is 0 Å². The number of rotatable bonds is 4. The van der Waals surface area contributed by atoms with Gasteiger partial charge >= 0.3 is 6.03 Å². The predicted octanol–water partition coefficient (Wildman–Crippen LogP) is 5.08. The van der Waals surface area contributed by atoms with Crippen molar-refractivity contribution in [2.45, 2.75) is 6.04 Å². The molecule has 0 saturated heterocycles. The van der Waals surface area contributed by atoms with Crippen molar-refractivity contribution in [3.8, 4) is 0 Å². The Kier molecular flexibility index (Phi) is 5.04. The number of thiophene rings is 1. The van der Waals surface area contributed by atoms with Crippen LogP contribution in [0, 0.1) is 17.5 Å². The number of urea groups is 1. The first kappa shape index (κ1) is 17.0. The second kappa shape index (κ2) is 7.40. The molecule has 2 N–H and O–H groups in total. The Morgan fingerprint density at radius 3 is 2.32 bits per heavy atom. The lowest BCUT2D eigenvalue weighted by Crippen LogP contribution is -2.33. The zero-order chi connectivity index (χ0) is 17.8. The molecular weight excluding hydrogens is 349 g/mol. The van der Waals surface area contributed by atoms with Crippen molar-refractivity contribution in [3.05, 3.63) is 87.9 Å². The van der Waals surface area contributed by atoms with Gasteiger partial charge in [-0.3, -0.25) is 0 Å². The van der Waals surface area contributed by atoms with Crippen LogP contribution < -0.4 is 10.6 Å². The van der Waals surface area contributed by atoms with Crippen LogP contribution in [0.5, 0.6) is 0 Å². The number of benzene rings is 2. The summed E-state index contributed by atoms with van der Waals surface area (Å²) in [7, 11) is 0. The minimum atomic E-state index is -0.871. The van der Waals surface area contributed by atoms with Crippen LogP contribution in [0.3, 0.4) is 0 Å². The summed E-state index contributed by atoms with van der Waals surface area (Å²) < 4.78 is 39.8. The Balaban J connectivity index is 1.80. The molecule has 25 heavy (non-hydrogen) atoms. The first-order chi connectivity index (χ1) is 12.0. The van der Waals surface area contributed by atoms with Gasteiger partial charge in [0.05, 0.1) is 11.7 Å². The predicted molar refractivity (Wildman–Crippen MR) is 91.1 cm³/mol. The van der Waals surface area contributed by atoms with Gasteiger partial charge in [0.1, 0.15) is 17.5 Å². The van der Waals surface area contributed by atoms with Crippen molar-refractivity contribution < 1.29 is 18.0 Å². The van der Waals surface area contributed by atoms with Gasteiger partial charge in [0.15, 0.2) is 0 Å². The molecule has 0 aliphatic rings. The molecular formula is C18H13F3N2OS. The average Bonchev–Trinajstić information content (AvgIpc) is 3.10. The standard InChI is InChI=1S/C18H13F3N2OS/c19-12-5-3-11(4-6-12)17(16-2-1-9-25-16)23-18(24)22-15-8-7-13(20)10-14(15)21/h1-10,17H,(H2,22,23,24)/t17-/m1/s1. The van der Waals surface area contributed by atoms with Gasteiger partial charge in [0, 0.05) is 10.9 Å². The van der Waals surface area contributed by atoms with Crippen molar-refractivity contribution >= 4 is 23.1 Å². The van der Waals surface area contributed by atoms with Crippen molar-refractivity contribution in [2.24, 2.45) is 0 Å². The first-order valence-corrected chi connectivity index (χ1v) is 8.22. The molecule has 0 bridgehead atoms. The van der Waals surface area contributed by atoms with Gasteiger partial charge < -0.3 is 10.6 Å². The summed E-state index contributed by atoms with van der Waals surface area (Å²) in [6, 6.07) is 11.1. The molecule has 3 aromatic rings. The lowest BCUT2D eigenvalue weighted by Gasteiger charge is -2.19. The summed E-state index contributed by atoms with van der Waals surface area (Å²) in [6.07, 6.45) is 0. The van der Waals surface area contributed by atoms with E-state index in [1.807, 2.05) is 17.5 Å². The number of anilines is 1. The summed E-state index contributed by atoms with van der Waals surface area (Å²) >= 11 is 1.42. The number of hydrogen-bond acceptors (Lipinski definition) is 2. The third kappa shape index (κ3) is 4.19. The maximum Gasteiger partial charge on any atom is 0.320 e. The monoisotopic (exact) mass is 362 g/mol. The van der Waals surface area contributed by atoms with E-state index in [0.717, 1.165) is 17.0 Å². The Morgan fingerprint density at radius 2 is 1.68 bits per heavy atom. The lowest BCUT2D eigenvalue weighted by atomic mass is 10.1. The number of halogens is 3. The fourth-order valence-corrected chi connectivity index (χ4v) is 3.11. The molecule has 128 valence electrons. The van der Waals surface area contributed by atoms with E-state index < -0.39 is 23.7 Å². The molecule has 0 spiro atoms. The number of hydrogen-bond donors (Lipinski definition) is 2. The largest absolute Gasteiger partial charge is 0.326 e. The minimum Gasteiger partial charge on any atom is -0.326 e. The second-order valence-electron chi connectivity index (χ2n) is 5.22. The van der Waals surface area contributed by atoms with E-state index in [9.17, 15) is 18.0 Å². The van der Waals surface area contributed by atoms with Gasteiger partial charge in [-0.05, 0) is 41.3 Å². The van der Waals surface area contributed by atoms with Crippen molar-refractivity contribution in [1.82, 2.24) is 5.32 Å². The van der Waals surface area contributed by atoms with Crippen LogP contribution in [-0.2, 0) is 0 Å². The topological polar surface area (TPSA) is 41.1 Å². The van der Waals surface area contributed by atoms with Crippen LogP contribution in [0.2, 0.25) is 0 Å². The fraction of sp³-hybridized carbons (Fsp3) is 0.0556. The van der Waals surface area contributed by atoms with Gasteiger partial charge in [0.25, 0.3) is 0 Å². The molecule has 0 saturated carbocycles. The van der Waals surface area contributed by atoms with E-state index in [2.05, 4.69) is 10.6 Å². The van der Waals surface area contributed by atoms with Crippen LogP contribution in [0.1, 0.15) is 16.5 Å². The van der Waals surface area contributed by atoms with E-state index in [0.29, 0.717) is 11.6 Å². The van der Waals surface area contributed by atoms with E-state index in [4.69, 9.17) is 0 Å². The fourth-order valence-electron chi connectivity index (χ4n) is 2.31. The quantitative estimate of drug-likeness (QED) is 0.668. The Hall–Kier alpha value is -2.80. The van der Waals surface area contributed by atoms with Crippen LogP contribution in [0.25, 0.3) is 0 Å². The zero-order valence-corrected chi connectivity index (χ0v) is 13.6. The highest BCUT2D eigenvalue weighted by molar-refractivity contribution is 7.10. The lowest BCUT2D eigenvalue weighted by molar-refractivity contribution is 0.250. The van der Waals surface area contributed by atoms with E-state index in [-0.39, 0.29) is 11.5 Å². The number of amides is 2. The Labute approximate surface area is 146 Å². The van der Waals surface area contributed by atoms with Crippen LogP contribution in [-0.4, -0.2) is 6.03 Å². The molecule has 3 rings (SSSR count). The van der Waals surface area contributed by atoms with Crippen LogP contribution in [0.4, 0.5) is 23.7 Å². The molecule has 2 aromatic carbocycles. The average molecular weight is 362 g/mol. The third-order valence-electron chi connectivity index (χ3n) is 3.49. The van der Waals surface area contributed by atoms with Gasteiger partial charge in [-0.15, -0.1) is 11.3 Å². The van der Waals surface area contributed by atoms with E-state index in [1.54, 1.807) is 12.1 Å². The SMILES string of the molecule is O=C(Nc1ccc(F)cc1F)N[C@H](c1ccc(F)cc1)c1cccs1. The maximum atomic E-state index is 13.7. The summed E-state index contributed by atoms with van der Waals surface area (Å²) in [5.41, 5.74) is 0.543. The summed E-state index contributed by atoms with van der Waals surface area (Å²) in [5.74, 6) is -1.98. The molecule has 2 amide bonds. The first-order valence-electron chi connectivity index (χ1n) is 7.34. The maximum absolute atomic E-state index is 13.7. The molecule has 0 fully saturated rings. The normalized spacial score (nSPS) is 11.8. The number of nitrogens with one attached hydrogen (secondary N) is 2. The molecule has 0 unspecified atom stereocenters. The van der Waals surface area contributed by atoms with E-state index in [1.165, 1.54) is 23.5 Å². The smallest absolute Gasteiger partial charge is 0.320 e. The van der Waals surface area contributed by atoms with E-state index >= 15 is 0 Å². The molecule has 0 aliphatic carbocycles. The Bertz CT molecular complexity index is 867. The zero-order valence-electron chi connectivity index (χ0n) is 12.8. The van der Waals surface area contributed by atoms with Gasteiger partial charge in [-0.2, -0.15) is 0 Å². The molecule has 1 heterocycles. The Morgan fingerprint density at radius 1 is 0.960 bits per heavy atom. The summed E-state index contributed by atoms with van der Waals surface area (Å²) in [4.78, 5) is 13.1. The highest BCUT2D eigenvalue weighted by Crippen LogP contribution is 2.26. The van der Waals surface area contributed by atoms with Crippen molar-refractivity contribution in [3.63, 3.8) is 0 Å². The van der Waals surface area contributed by atoms with Crippen molar-refractivity contribution in [2.75, 3.05) is 5.32 Å². The highest BCUT2D eigenvalue weighted by Gasteiger charge is 2.19. The molecule has 1 aromatic heterocycles. The molecule has 7 heteroatoms. The molecule has 0 radical (unpaired) electrons. The summed E-state index contributed by atoms with van der Waals surface area (Å²) in [6.45, 7) is 0. The molecule has 0 aliphatic heterocycles. The number of carbonyl (C=O) groups excluding carboxylic acids is 1. The van der Waals surface area contributed by atoms with Crippen LogP contribution in [0.15, 0.2) is 60.0 Å². The third-order valence-corrected chi connectivity index (χ3v) is 4.42. The highest BCUT2D eigenvalue weighted by atomic mass is 32.1. The van der Waals surface area contributed by atoms with Crippen LogP contribution >= 0.6 is 11.3 Å². The minimum absolute atomic E-state index is 0.136. The number of carbonyl (C=O) groups is 1. The van der Waals surface area contributed by atoms with Gasteiger partial charge in [-0.1, -0.05) is 18.2 Å². The molecule has 1 atom stereocenters. The molecule has 3 nitrogen and oxygen atoms in total. The van der Waals surface area contributed by atoms with Gasteiger partial charge in [0.2, 0.25) is 0 Å². The van der Waals surface area contributed by atoms with Gasteiger partial charge in [-0.25, -0.2) is 18.0 Å².